The highest BCUT2D eigenvalue weighted by Gasteiger charge is 2.37. The van der Waals surface area contributed by atoms with Gasteiger partial charge in [-0.15, -0.1) is 0 Å². The Hall–Kier alpha value is -2.74. The average Bonchev–Trinajstić information content (AvgIpc) is 2.76. The normalized spacial score (nSPS) is 15.9. The van der Waals surface area contributed by atoms with Crippen LogP contribution in [0, 0.1) is 12.3 Å². The molecule has 2 aromatic rings. The molecule has 0 saturated heterocycles. The number of rotatable bonds is 5. The first-order valence-electron chi connectivity index (χ1n) is 9.35. The van der Waals surface area contributed by atoms with Gasteiger partial charge in [0.05, 0.1) is 28.8 Å². The summed E-state index contributed by atoms with van der Waals surface area (Å²) < 4.78 is 39.3. The molecule has 0 atom stereocenters. The summed E-state index contributed by atoms with van der Waals surface area (Å²) in [5.74, 6) is 1.10. The topological polar surface area (TPSA) is 84.9 Å². The van der Waals surface area contributed by atoms with Crippen LogP contribution in [-0.4, -0.2) is 34.6 Å². The van der Waals surface area contributed by atoms with Crippen molar-refractivity contribution in [2.45, 2.75) is 32.6 Å². The number of methoxy groups -OCH3 is 1. The van der Waals surface area contributed by atoms with Gasteiger partial charge < -0.3 is 14.4 Å². The molecule has 0 aromatic heterocycles. The first kappa shape index (κ1) is 21.0. The summed E-state index contributed by atoms with van der Waals surface area (Å²) in [7, 11) is -2.27. The minimum atomic E-state index is -3.81. The number of sulfonamides is 1. The number of nitrogens with one attached hydrogen (secondary N) is 1. The number of ether oxygens (including phenoxy) is 2. The van der Waals surface area contributed by atoms with E-state index in [0.29, 0.717) is 29.4 Å². The first-order chi connectivity index (χ1) is 13.6. The lowest BCUT2D eigenvalue weighted by Gasteiger charge is -2.27. The van der Waals surface area contributed by atoms with Crippen molar-refractivity contribution in [3.8, 4) is 11.5 Å². The van der Waals surface area contributed by atoms with E-state index in [4.69, 9.17) is 9.47 Å². The molecule has 7 nitrogen and oxygen atoms in total. The van der Waals surface area contributed by atoms with Gasteiger partial charge in [0, 0.05) is 6.54 Å². The predicted octanol–water partition coefficient (Wildman–Crippen LogP) is 3.58. The molecule has 0 radical (unpaired) electrons. The van der Waals surface area contributed by atoms with Gasteiger partial charge >= 0.3 is 0 Å². The maximum atomic E-state index is 12.9. The van der Waals surface area contributed by atoms with E-state index in [1.54, 1.807) is 42.2 Å². The highest BCUT2D eigenvalue weighted by atomic mass is 32.2. The maximum Gasteiger partial charge on any atom is 0.261 e. The van der Waals surface area contributed by atoms with E-state index in [0.717, 1.165) is 5.56 Å². The molecule has 156 valence electrons. The summed E-state index contributed by atoms with van der Waals surface area (Å²) in [6.45, 7) is 8.03. The lowest BCUT2D eigenvalue weighted by atomic mass is 9.93. The average molecular weight is 419 g/mol. The number of carbonyl (C=O) groups excluding carboxylic acids is 1. The van der Waals surface area contributed by atoms with Gasteiger partial charge in [-0.25, -0.2) is 8.42 Å². The van der Waals surface area contributed by atoms with Crippen LogP contribution in [-0.2, 0) is 14.8 Å². The van der Waals surface area contributed by atoms with Crippen LogP contribution in [0.15, 0.2) is 41.3 Å². The van der Waals surface area contributed by atoms with Gasteiger partial charge in [0.25, 0.3) is 10.0 Å². The van der Waals surface area contributed by atoms with E-state index < -0.39 is 15.4 Å². The Morgan fingerprint density at radius 2 is 1.93 bits per heavy atom. The van der Waals surface area contributed by atoms with Gasteiger partial charge in [0.2, 0.25) is 5.91 Å². The zero-order valence-electron chi connectivity index (χ0n) is 17.3. The zero-order valence-corrected chi connectivity index (χ0v) is 18.1. The van der Waals surface area contributed by atoms with Crippen molar-refractivity contribution in [3.63, 3.8) is 0 Å². The van der Waals surface area contributed by atoms with E-state index in [-0.39, 0.29) is 17.4 Å². The number of anilines is 2. The third-order valence-corrected chi connectivity index (χ3v) is 6.29. The van der Waals surface area contributed by atoms with Crippen molar-refractivity contribution >= 4 is 27.3 Å². The molecular weight excluding hydrogens is 392 g/mol. The van der Waals surface area contributed by atoms with Gasteiger partial charge in [0.1, 0.15) is 18.1 Å². The molecule has 29 heavy (non-hydrogen) atoms. The molecular formula is C21H26N2O5S. The second-order valence-corrected chi connectivity index (χ2v) is 9.32. The predicted molar refractivity (Wildman–Crippen MR) is 112 cm³/mol. The second-order valence-electron chi connectivity index (χ2n) is 7.64. The fourth-order valence-corrected chi connectivity index (χ4v) is 4.39. The second kappa shape index (κ2) is 7.59. The highest BCUT2D eigenvalue weighted by molar-refractivity contribution is 7.92. The summed E-state index contributed by atoms with van der Waals surface area (Å²) in [5, 5.41) is 0. The third-order valence-electron chi connectivity index (χ3n) is 4.91. The number of aryl methyl sites for hydroxylation is 1. The zero-order chi connectivity index (χ0) is 21.4. The van der Waals surface area contributed by atoms with Crippen molar-refractivity contribution in [1.82, 2.24) is 0 Å². The SMILES string of the molecule is CCN1C(=O)C(C)(C)COc2ccc(NS(=O)(=O)c3ccc(OC)c(C)c3)cc21. The van der Waals surface area contributed by atoms with E-state index >= 15 is 0 Å². The number of carbonyl (C=O) groups is 1. The molecule has 3 rings (SSSR count). The van der Waals surface area contributed by atoms with Gasteiger partial charge in [-0.2, -0.15) is 0 Å². The van der Waals surface area contributed by atoms with Crippen molar-refractivity contribution in [2.24, 2.45) is 5.41 Å². The number of benzene rings is 2. The lowest BCUT2D eigenvalue weighted by Crippen LogP contribution is -2.42. The lowest BCUT2D eigenvalue weighted by molar-refractivity contribution is -0.127. The van der Waals surface area contributed by atoms with Crippen LogP contribution >= 0.6 is 0 Å². The quantitative estimate of drug-likeness (QED) is 0.802. The maximum absolute atomic E-state index is 12.9. The summed E-state index contributed by atoms with van der Waals surface area (Å²) >= 11 is 0. The van der Waals surface area contributed by atoms with Crippen molar-refractivity contribution in [1.29, 1.82) is 0 Å². The van der Waals surface area contributed by atoms with Crippen LogP contribution in [0.5, 0.6) is 11.5 Å². The molecule has 0 bridgehead atoms. The van der Waals surface area contributed by atoms with Crippen molar-refractivity contribution in [3.05, 3.63) is 42.0 Å². The Labute approximate surface area is 171 Å². The van der Waals surface area contributed by atoms with Crippen molar-refractivity contribution < 1.29 is 22.7 Å². The van der Waals surface area contributed by atoms with Gasteiger partial charge in [-0.3, -0.25) is 9.52 Å². The third kappa shape index (κ3) is 4.03. The Morgan fingerprint density at radius 3 is 2.55 bits per heavy atom. The molecule has 0 spiro atoms. The number of hydrogen-bond acceptors (Lipinski definition) is 5. The minimum Gasteiger partial charge on any atom is -0.496 e. The molecule has 1 amide bonds. The Bertz CT molecular complexity index is 1050. The smallest absolute Gasteiger partial charge is 0.261 e. The van der Waals surface area contributed by atoms with E-state index in [1.165, 1.54) is 13.2 Å². The first-order valence-corrected chi connectivity index (χ1v) is 10.8. The van der Waals surface area contributed by atoms with E-state index in [9.17, 15) is 13.2 Å². The fraction of sp³-hybridized carbons (Fsp3) is 0.381. The molecule has 0 unspecified atom stereocenters. The summed E-state index contributed by atoms with van der Waals surface area (Å²) in [6, 6.07) is 9.61. The van der Waals surface area contributed by atoms with Crippen LogP contribution in [0.1, 0.15) is 26.3 Å². The van der Waals surface area contributed by atoms with Crippen LogP contribution in [0.4, 0.5) is 11.4 Å². The van der Waals surface area contributed by atoms with E-state index in [2.05, 4.69) is 4.72 Å². The summed E-state index contributed by atoms with van der Waals surface area (Å²) in [6.07, 6.45) is 0. The van der Waals surface area contributed by atoms with Crippen LogP contribution in [0.2, 0.25) is 0 Å². The molecule has 1 aliphatic rings. The molecule has 1 aliphatic heterocycles. The van der Waals surface area contributed by atoms with E-state index in [1.807, 2.05) is 20.8 Å². The molecule has 1 N–H and O–H groups in total. The van der Waals surface area contributed by atoms with Gasteiger partial charge in [-0.1, -0.05) is 0 Å². The van der Waals surface area contributed by atoms with Gasteiger partial charge in [0.15, 0.2) is 0 Å². The molecule has 0 saturated carbocycles. The fourth-order valence-electron chi connectivity index (χ4n) is 3.25. The largest absolute Gasteiger partial charge is 0.496 e. The molecule has 8 heteroatoms. The van der Waals surface area contributed by atoms with Crippen LogP contribution in [0.3, 0.4) is 0 Å². The Kier molecular flexibility index (Phi) is 5.49. The van der Waals surface area contributed by atoms with Crippen molar-refractivity contribution in [2.75, 3.05) is 29.9 Å². The molecule has 0 fully saturated rings. The number of nitrogens with zero attached hydrogens (tertiary/aromatic N) is 1. The Morgan fingerprint density at radius 1 is 1.21 bits per heavy atom. The minimum absolute atomic E-state index is 0.0652. The summed E-state index contributed by atoms with van der Waals surface area (Å²) in [5.41, 5.74) is 0.951. The number of hydrogen-bond donors (Lipinski definition) is 1. The monoisotopic (exact) mass is 418 g/mol. The molecule has 2 aromatic carbocycles. The van der Waals surface area contributed by atoms with Crippen LogP contribution < -0.4 is 19.1 Å². The molecule has 1 heterocycles. The van der Waals surface area contributed by atoms with Gasteiger partial charge in [-0.05, 0) is 69.7 Å². The standard InChI is InChI=1S/C21H26N2O5S/c1-6-23-17-12-15(7-9-19(17)28-13-21(3,4)20(23)24)22-29(25,26)16-8-10-18(27-5)14(2)11-16/h7-12,22H,6,13H2,1-5H3. The summed E-state index contributed by atoms with van der Waals surface area (Å²) in [4.78, 5) is 14.6. The number of amides is 1. The Balaban J connectivity index is 1.96. The molecule has 0 aliphatic carbocycles. The number of fused-ring (bicyclic) bond motifs is 1. The van der Waals surface area contributed by atoms with Crippen LogP contribution in [0.25, 0.3) is 0 Å². The highest BCUT2D eigenvalue weighted by Crippen LogP contribution is 2.38.